The summed E-state index contributed by atoms with van der Waals surface area (Å²) in [5.41, 5.74) is 0. The molecular formula is C22H39NO6. The van der Waals surface area contributed by atoms with Crippen molar-refractivity contribution in [1.29, 1.82) is 0 Å². The van der Waals surface area contributed by atoms with E-state index >= 15 is 0 Å². The average Bonchev–Trinajstić information content (AvgIpc) is 2.60. The van der Waals surface area contributed by atoms with Crippen LogP contribution in [0.3, 0.4) is 0 Å². The summed E-state index contributed by atoms with van der Waals surface area (Å²) in [6, 6.07) is 0. The molecule has 7 nitrogen and oxygen atoms in total. The van der Waals surface area contributed by atoms with E-state index in [1.54, 1.807) is 6.08 Å². The summed E-state index contributed by atoms with van der Waals surface area (Å²) >= 11 is 0. The quantitative estimate of drug-likeness (QED) is 0.234. The summed E-state index contributed by atoms with van der Waals surface area (Å²) in [6.45, 7) is 0.350. The van der Waals surface area contributed by atoms with Crippen LogP contribution in [0, 0.1) is 0 Å². The Morgan fingerprint density at radius 2 is 1.14 bits per heavy atom. The third kappa shape index (κ3) is 16.7. The number of carbonyl (C=O) groups excluding carboxylic acids is 1. The summed E-state index contributed by atoms with van der Waals surface area (Å²) in [4.78, 5) is 33.1. The number of allylic oxidation sites excluding steroid dienone is 1. The van der Waals surface area contributed by atoms with Crippen LogP contribution in [-0.2, 0) is 14.4 Å². The SMILES string of the molecule is CCCCCCCCCCCCCC/C=C/[N+](CC(=O)[O-])(CC(=O)O)CC(=O)O. The molecule has 0 fully saturated rings. The molecule has 0 bridgehead atoms. The monoisotopic (exact) mass is 413 g/mol. The third-order valence-corrected chi connectivity index (χ3v) is 4.99. The van der Waals surface area contributed by atoms with E-state index in [0.717, 1.165) is 19.3 Å². The summed E-state index contributed by atoms with van der Waals surface area (Å²) in [6.07, 6.45) is 18.6. The fraction of sp³-hybridized carbons (Fsp3) is 0.773. The number of carboxylic acid groups (broad SMARTS) is 3. The molecule has 0 radical (unpaired) electrons. The molecule has 0 aromatic rings. The van der Waals surface area contributed by atoms with E-state index in [9.17, 15) is 19.5 Å². The van der Waals surface area contributed by atoms with Gasteiger partial charge < -0.3 is 20.1 Å². The lowest BCUT2D eigenvalue weighted by Crippen LogP contribution is -2.55. The minimum absolute atomic E-state index is 0.602. The molecule has 0 saturated heterocycles. The molecule has 0 unspecified atom stereocenters. The van der Waals surface area contributed by atoms with E-state index in [-0.39, 0.29) is 0 Å². The molecule has 29 heavy (non-hydrogen) atoms. The maximum absolute atomic E-state index is 11.1. The van der Waals surface area contributed by atoms with Gasteiger partial charge in [-0.2, -0.15) is 0 Å². The van der Waals surface area contributed by atoms with Crippen molar-refractivity contribution in [3.63, 3.8) is 0 Å². The maximum Gasteiger partial charge on any atom is 0.359 e. The topological polar surface area (TPSA) is 115 Å². The lowest BCUT2D eigenvalue weighted by Gasteiger charge is -2.32. The second-order valence-corrected chi connectivity index (χ2v) is 7.91. The number of nitrogens with zero attached hydrogens (tertiary/aromatic N) is 1. The molecule has 0 rings (SSSR count). The van der Waals surface area contributed by atoms with Gasteiger partial charge in [0.2, 0.25) is 0 Å². The molecule has 0 saturated carbocycles. The van der Waals surface area contributed by atoms with E-state index in [4.69, 9.17) is 10.2 Å². The zero-order valence-electron chi connectivity index (χ0n) is 17.9. The van der Waals surface area contributed by atoms with Gasteiger partial charge in [0.15, 0.2) is 13.1 Å². The van der Waals surface area contributed by atoms with Gasteiger partial charge in [0, 0.05) is 0 Å². The number of carbonyl (C=O) groups is 3. The number of hydrogen-bond donors (Lipinski definition) is 2. The Labute approximate surface area is 175 Å². The standard InChI is InChI=1S/C22H39NO6/c1-2-3-4-5-6-7-8-9-10-11-12-13-14-15-16-23(17-20(24)25,18-21(26)27)19-22(28)29/h15-16H,2-14,17-19H2,1H3,(H2-,24,25,26,27,28,29)/b16-15+. The Kier molecular flexibility index (Phi) is 15.9. The Balaban J connectivity index is 4.08. The molecule has 2 N–H and O–H groups in total. The van der Waals surface area contributed by atoms with Gasteiger partial charge in [0.1, 0.15) is 6.54 Å². The highest BCUT2D eigenvalue weighted by Gasteiger charge is 2.31. The Morgan fingerprint density at radius 1 is 0.724 bits per heavy atom. The molecule has 7 heteroatoms. The first kappa shape index (κ1) is 27.1. The van der Waals surface area contributed by atoms with Gasteiger partial charge in [-0.05, 0) is 18.9 Å². The Hall–Kier alpha value is -1.89. The molecule has 0 aliphatic heterocycles. The van der Waals surface area contributed by atoms with Crippen molar-refractivity contribution in [2.75, 3.05) is 19.6 Å². The normalized spacial score (nSPS) is 11.8. The molecule has 0 aliphatic rings. The van der Waals surface area contributed by atoms with Crippen molar-refractivity contribution >= 4 is 17.9 Å². The van der Waals surface area contributed by atoms with E-state index in [1.807, 2.05) is 0 Å². The number of hydrogen-bond acceptors (Lipinski definition) is 4. The number of aliphatic carboxylic acids is 3. The smallest absolute Gasteiger partial charge is 0.359 e. The molecule has 0 aromatic carbocycles. The first-order valence-corrected chi connectivity index (χ1v) is 11.0. The van der Waals surface area contributed by atoms with Gasteiger partial charge in [-0.1, -0.05) is 77.6 Å². The summed E-state index contributed by atoms with van der Waals surface area (Å²) in [5, 5.41) is 29.0. The molecule has 168 valence electrons. The van der Waals surface area contributed by atoms with Gasteiger partial charge in [-0.3, -0.25) is 4.48 Å². The minimum atomic E-state index is -1.47. The predicted molar refractivity (Wildman–Crippen MR) is 110 cm³/mol. The van der Waals surface area contributed by atoms with E-state index in [2.05, 4.69) is 6.92 Å². The molecule has 0 atom stereocenters. The molecule has 0 aliphatic carbocycles. The maximum atomic E-state index is 11.1. The zero-order chi connectivity index (χ0) is 22.0. The number of unbranched alkanes of at least 4 members (excludes halogenated alkanes) is 12. The van der Waals surface area contributed by atoms with Crippen LogP contribution in [0.5, 0.6) is 0 Å². The lowest BCUT2D eigenvalue weighted by atomic mass is 10.0. The second-order valence-electron chi connectivity index (χ2n) is 7.91. The Bertz CT molecular complexity index is 463. The van der Waals surface area contributed by atoms with Crippen molar-refractivity contribution in [2.45, 2.75) is 90.4 Å². The summed E-state index contributed by atoms with van der Waals surface area (Å²) in [5.74, 6) is -3.97. The van der Waals surface area contributed by atoms with E-state index in [1.165, 1.54) is 64.0 Å². The van der Waals surface area contributed by atoms with Crippen LogP contribution in [0.4, 0.5) is 0 Å². The van der Waals surface area contributed by atoms with Crippen LogP contribution in [0.1, 0.15) is 90.4 Å². The number of rotatable bonds is 20. The number of carboxylic acids is 3. The van der Waals surface area contributed by atoms with Crippen molar-refractivity contribution in [3.05, 3.63) is 12.3 Å². The van der Waals surface area contributed by atoms with Gasteiger partial charge in [-0.25, -0.2) is 9.59 Å². The zero-order valence-corrected chi connectivity index (χ0v) is 17.9. The molecule has 0 amide bonds. The number of quaternary nitrogens is 1. The van der Waals surface area contributed by atoms with Crippen LogP contribution >= 0.6 is 0 Å². The van der Waals surface area contributed by atoms with Crippen molar-refractivity contribution < 1.29 is 34.2 Å². The fourth-order valence-corrected chi connectivity index (χ4v) is 3.52. The molecule has 0 heterocycles. The fourth-order valence-electron chi connectivity index (χ4n) is 3.52. The van der Waals surface area contributed by atoms with Crippen LogP contribution in [0.15, 0.2) is 12.3 Å². The van der Waals surface area contributed by atoms with Crippen LogP contribution in [0.2, 0.25) is 0 Å². The summed E-state index contributed by atoms with van der Waals surface area (Å²) in [7, 11) is 0. The van der Waals surface area contributed by atoms with Crippen molar-refractivity contribution in [2.24, 2.45) is 0 Å². The first-order valence-electron chi connectivity index (χ1n) is 11.0. The minimum Gasteiger partial charge on any atom is -0.544 e. The van der Waals surface area contributed by atoms with Gasteiger partial charge in [0.25, 0.3) is 0 Å². The van der Waals surface area contributed by atoms with E-state index in [0.29, 0.717) is 6.42 Å². The van der Waals surface area contributed by atoms with Gasteiger partial charge >= 0.3 is 11.9 Å². The Morgan fingerprint density at radius 3 is 1.52 bits per heavy atom. The van der Waals surface area contributed by atoms with Crippen LogP contribution in [-0.4, -0.2) is 52.2 Å². The van der Waals surface area contributed by atoms with Crippen LogP contribution in [0.25, 0.3) is 0 Å². The highest BCUT2D eigenvalue weighted by atomic mass is 16.4. The van der Waals surface area contributed by atoms with Crippen LogP contribution < -0.4 is 5.11 Å². The average molecular weight is 414 g/mol. The molecular weight excluding hydrogens is 374 g/mol. The lowest BCUT2D eigenvalue weighted by molar-refractivity contribution is -0.859. The summed E-state index contributed by atoms with van der Waals surface area (Å²) < 4.78 is -0.675. The van der Waals surface area contributed by atoms with Crippen molar-refractivity contribution in [1.82, 2.24) is 0 Å². The predicted octanol–water partition coefficient (Wildman–Crippen LogP) is 3.33. The largest absolute Gasteiger partial charge is 0.544 e. The van der Waals surface area contributed by atoms with Gasteiger partial charge in [-0.15, -0.1) is 0 Å². The second kappa shape index (κ2) is 17.0. The van der Waals surface area contributed by atoms with Gasteiger partial charge in [0.05, 0.1) is 12.2 Å². The van der Waals surface area contributed by atoms with E-state index < -0.39 is 42.0 Å². The third-order valence-electron chi connectivity index (χ3n) is 4.99. The molecule has 0 spiro atoms. The van der Waals surface area contributed by atoms with Crippen molar-refractivity contribution in [3.8, 4) is 0 Å². The highest BCUT2D eigenvalue weighted by Crippen LogP contribution is 2.14. The molecule has 0 aromatic heterocycles. The first-order chi connectivity index (χ1) is 13.8. The highest BCUT2D eigenvalue weighted by molar-refractivity contribution is 5.72.